The molecule has 0 saturated heterocycles. The second-order valence-corrected chi connectivity index (χ2v) is 9.09. The summed E-state index contributed by atoms with van der Waals surface area (Å²) in [6, 6.07) is 8.71. The van der Waals surface area contributed by atoms with Gasteiger partial charge >= 0.3 is 0 Å². The summed E-state index contributed by atoms with van der Waals surface area (Å²) in [7, 11) is 0. The van der Waals surface area contributed by atoms with Crippen LogP contribution in [0.1, 0.15) is 50.5 Å². The fourth-order valence-corrected chi connectivity index (χ4v) is 5.15. The number of hydrazone groups is 1. The fraction of sp³-hybridized carbons (Fsp3) is 0.435. The minimum absolute atomic E-state index is 0.262. The summed E-state index contributed by atoms with van der Waals surface area (Å²) in [5.74, 6) is 1.82. The molecule has 30 heavy (non-hydrogen) atoms. The van der Waals surface area contributed by atoms with Crippen molar-refractivity contribution < 1.29 is 4.74 Å². The fourth-order valence-electron chi connectivity index (χ4n) is 4.18. The lowest BCUT2D eigenvalue weighted by Gasteiger charge is -2.22. The third-order valence-corrected chi connectivity index (χ3v) is 6.82. The van der Waals surface area contributed by atoms with Gasteiger partial charge in [0.25, 0.3) is 0 Å². The van der Waals surface area contributed by atoms with Gasteiger partial charge in [-0.2, -0.15) is 5.10 Å². The molecule has 0 amide bonds. The summed E-state index contributed by atoms with van der Waals surface area (Å²) < 4.78 is 7.27. The quantitative estimate of drug-likeness (QED) is 0.559. The van der Waals surface area contributed by atoms with Crippen LogP contribution in [0.3, 0.4) is 0 Å². The summed E-state index contributed by atoms with van der Waals surface area (Å²) in [6.07, 6.45) is 12.1. The Kier molecular flexibility index (Phi) is 5.53. The van der Waals surface area contributed by atoms with E-state index in [-0.39, 0.29) is 5.92 Å². The Morgan fingerprint density at radius 2 is 2.03 bits per heavy atom. The largest absolute Gasteiger partial charge is 0.456 e. The van der Waals surface area contributed by atoms with E-state index in [2.05, 4.69) is 39.5 Å². The summed E-state index contributed by atoms with van der Waals surface area (Å²) in [4.78, 5) is 9.14. The molecule has 2 aromatic heterocycles. The van der Waals surface area contributed by atoms with E-state index in [0.29, 0.717) is 6.04 Å². The van der Waals surface area contributed by atoms with Gasteiger partial charge in [-0.3, -0.25) is 9.99 Å². The normalized spacial score (nSPS) is 19.5. The second-order valence-electron chi connectivity index (χ2n) is 8.06. The lowest BCUT2D eigenvalue weighted by atomic mass is 9.96. The van der Waals surface area contributed by atoms with Gasteiger partial charge < -0.3 is 10.1 Å². The van der Waals surface area contributed by atoms with E-state index in [1.807, 2.05) is 24.5 Å². The van der Waals surface area contributed by atoms with Gasteiger partial charge in [-0.25, -0.2) is 4.98 Å². The number of hydrogen-bond donors (Lipinski definition) is 1. The molecule has 1 aliphatic carbocycles. The average Bonchev–Trinajstić information content (AvgIpc) is 3.41. The minimum atomic E-state index is 0.262. The Bertz CT molecular complexity index is 1040. The van der Waals surface area contributed by atoms with E-state index in [9.17, 15) is 0 Å². The standard InChI is InChI=1S/C23H27N5OS/c1-2-28-15-17(13-25-28)16-10-20(14-24-12-16)29-19-8-9-21-22(11-19)30-23(27-21)26-18-6-4-3-5-7-18/h8-14,17-18H,2-7,15H2,1H3,(H,26,27). The van der Waals surface area contributed by atoms with Crippen molar-refractivity contribution in [2.75, 3.05) is 18.4 Å². The molecule has 156 valence electrons. The molecule has 1 fully saturated rings. The predicted octanol–water partition coefficient (Wildman–Crippen LogP) is 5.63. The number of hydrogen-bond acceptors (Lipinski definition) is 7. The first-order chi connectivity index (χ1) is 14.8. The highest BCUT2D eigenvalue weighted by Crippen LogP contribution is 2.33. The molecule has 3 aromatic rings. The number of aromatic nitrogens is 2. The summed E-state index contributed by atoms with van der Waals surface area (Å²) in [5.41, 5.74) is 2.14. The molecule has 1 N–H and O–H groups in total. The zero-order chi connectivity index (χ0) is 20.3. The average molecular weight is 422 g/mol. The highest BCUT2D eigenvalue weighted by Gasteiger charge is 2.19. The molecule has 0 bridgehead atoms. The Morgan fingerprint density at radius 1 is 1.13 bits per heavy atom. The summed E-state index contributed by atoms with van der Waals surface area (Å²) in [5, 5.41) is 11.1. The van der Waals surface area contributed by atoms with Crippen molar-refractivity contribution in [1.29, 1.82) is 0 Å². The van der Waals surface area contributed by atoms with Gasteiger partial charge in [0.1, 0.15) is 11.5 Å². The Hall–Kier alpha value is -2.67. The number of thiazole rings is 1. The van der Waals surface area contributed by atoms with Crippen molar-refractivity contribution in [2.24, 2.45) is 5.10 Å². The van der Waals surface area contributed by atoms with Crippen molar-refractivity contribution in [2.45, 2.75) is 51.0 Å². The number of nitrogens with zero attached hydrogens (tertiary/aromatic N) is 4. The molecule has 3 heterocycles. The van der Waals surface area contributed by atoms with Crippen LogP contribution < -0.4 is 10.1 Å². The van der Waals surface area contributed by atoms with Crippen molar-refractivity contribution in [3.05, 3.63) is 42.2 Å². The van der Waals surface area contributed by atoms with Crippen LogP contribution in [0.15, 0.2) is 41.8 Å². The maximum atomic E-state index is 6.14. The van der Waals surface area contributed by atoms with Crippen molar-refractivity contribution >= 4 is 32.9 Å². The van der Waals surface area contributed by atoms with Crippen molar-refractivity contribution in [1.82, 2.24) is 15.0 Å². The molecule has 6 nitrogen and oxygen atoms in total. The smallest absolute Gasteiger partial charge is 0.184 e. The van der Waals surface area contributed by atoms with Gasteiger partial charge in [0.05, 0.1) is 16.4 Å². The summed E-state index contributed by atoms with van der Waals surface area (Å²) in [6.45, 7) is 3.93. The van der Waals surface area contributed by atoms with E-state index in [1.54, 1.807) is 17.5 Å². The highest BCUT2D eigenvalue weighted by molar-refractivity contribution is 7.22. The molecule has 5 rings (SSSR count). The Morgan fingerprint density at radius 3 is 2.87 bits per heavy atom. The molecule has 1 aromatic carbocycles. The van der Waals surface area contributed by atoms with E-state index >= 15 is 0 Å². The van der Waals surface area contributed by atoms with Gasteiger partial charge in [0, 0.05) is 43.5 Å². The monoisotopic (exact) mass is 421 g/mol. The number of rotatable bonds is 6. The topological polar surface area (TPSA) is 62.6 Å². The second kappa shape index (κ2) is 8.60. The molecular weight excluding hydrogens is 394 g/mol. The van der Waals surface area contributed by atoms with Crippen LogP contribution in [0, 0.1) is 0 Å². The molecule has 7 heteroatoms. The van der Waals surface area contributed by atoms with Crippen molar-refractivity contribution in [3.8, 4) is 11.5 Å². The third-order valence-electron chi connectivity index (χ3n) is 5.87. The molecular formula is C23H27N5OS. The minimum Gasteiger partial charge on any atom is -0.456 e. The first-order valence-corrected chi connectivity index (χ1v) is 11.7. The van der Waals surface area contributed by atoms with E-state index < -0.39 is 0 Å². The molecule has 2 aliphatic rings. The number of ether oxygens (including phenoxy) is 1. The number of nitrogens with one attached hydrogen (secondary N) is 1. The number of anilines is 1. The van der Waals surface area contributed by atoms with Gasteiger partial charge in [-0.05, 0) is 43.5 Å². The van der Waals surface area contributed by atoms with Gasteiger partial charge in [-0.15, -0.1) is 0 Å². The maximum Gasteiger partial charge on any atom is 0.184 e. The van der Waals surface area contributed by atoms with Crippen molar-refractivity contribution in [3.63, 3.8) is 0 Å². The lowest BCUT2D eigenvalue weighted by Crippen LogP contribution is -2.21. The lowest BCUT2D eigenvalue weighted by molar-refractivity contribution is 0.327. The van der Waals surface area contributed by atoms with Crippen LogP contribution in [0.2, 0.25) is 0 Å². The number of pyridine rings is 1. The number of likely N-dealkylation sites (N-methyl/N-ethyl adjacent to an activating group) is 1. The van der Waals surface area contributed by atoms with E-state index in [4.69, 9.17) is 9.72 Å². The van der Waals surface area contributed by atoms with Gasteiger partial charge in [0.2, 0.25) is 0 Å². The Labute approximate surface area is 181 Å². The van der Waals surface area contributed by atoms with Crippen LogP contribution in [0.5, 0.6) is 11.5 Å². The zero-order valence-corrected chi connectivity index (χ0v) is 18.1. The van der Waals surface area contributed by atoms with E-state index in [1.165, 1.54) is 32.1 Å². The number of fused-ring (bicyclic) bond motifs is 1. The van der Waals surface area contributed by atoms with Crippen LogP contribution in [-0.4, -0.2) is 40.3 Å². The third kappa shape index (κ3) is 4.26. The molecule has 0 spiro atoms. The molecule has 1 atom stereocenters. The first-order valence-electron chi connectivity index (χ1n) is 10.9. The predicted molar refractivity (Wildman–Crippen MR) is 123 cm³/mol. The van der Waals surface area contributed by atoms with Gasteiger partial charge in [-0.1, -0.05) is 30.6 Å². The molecule has 1 unspecified atom stereocenters. The molecule has 0 radical (unpaired) electrons. The van der Waals surface area contributed by atoms with Crippen LogP contribution in [0.25, 0.3) is 10.2 Å². The summed E-state index contributed by atoms with van der Waals surface area (Å²) >= 11 is 1.70. The van der Waals surface area contributed by atoms with Crippen LogP contribution in [0.4, 0.5) is 5.13 Å². The Balaban J connectivity index is 1.29. The maximum absolute atomic E-state index is 6.14. The molecule has 1 aliphatic heterocycles. The zero-order valence-electron chi connectivity index (χ0n) is 17.3. The first kappa shape index (κ1) is 19.3. The van der Waals surface area contributed by atoms with Crippen LogP contribution in [-0.2, 0) is 0 Å². The highest BCUT2D eigenvalue weighted by atomic mass is 32.1. The molecule has 1 saturated carbocycles. The SMILES string of the molecule is CCN1CC(c2cncc(Oc3ccc4nc(NC5CCCCC5)sc4c3)c2)C=N1. The number of benzene rings is 1. The van der Waals surface area contributed by atoms with Gasteiger partial charge in [0.15, 0.2) is 5.13 Å². The van der Waals surface area contributed by atoms with E-state index in [0.717, 1.165) is 45.5 Å². The van der Waals surface area contributed by atoms with Crippen LogP contribution >= 0.6 is 11.3 Å².